The van der Waals surface area contributed by atoms with Gasteiger partial charge in [0.05, 0.1) is 18.3 Å². The summed E-state index contributed by atoms with van der Waals surface area (Å²) in [5.74, 6) is 0.424. The van der Waals surface area contributed by atoms with Gasteiger partial charge >= 0.3 is 0 Å². The largest absolute Gasteiger partial charge is 0.481 e. The highest BCUT2D eigenvalue weighted by molar-refractivity contribution is 7.13. The van der Waals surface area contributed by atoms with Crippen LogP contribution < -0.4 is 10.1 Å². The number of aromatic nitrogens is 2. The van der Waals surface area contributed by atoms with E-state index >= 15 is 0 Å². The lowest BCUT2D eigenvalue weighted by atomic mass is 9.98. The Kier molecular flexibility index (Phi) is 4.57. The number of carbonyl (C=O) groups excluding carboxylic acids is 1. The van der Waals surface area contributed by atoms with E-state index in [2.05, 4.69) is 36.1 Å². The Morgan fingerprint density at radius 1 is 1.38 bits per heavy atom. The number of thiazole rings is 1. The summed E-state index contributed by atoms with van der Waals surface area (Å²) in [6.45, 7) is 6.67. The van der Waals surface area contributed by atoms with Crippen LogP contribution in [0.15, 0.2) is 24.5 Å². The van der Waals surface area contributed by atoms with Gasteiger partial charge in [0, 0.05) is 24.2 Å². The Morgan fingerprint density at radius 2 is 2.14 bits per heavy atom. The summed E-state index contributed by atoms with van der Waals surface area (Å²) < 4.78 is 5.06. The first-order valence-corrected chi connectivity index (χ1v) is 7.45. The standard InChI is InChI=1S/C15H19N3O2S/c1-15(2,3)14-18-9-11(21-14)13(19)17-8-10-5-6-16-12(7-10)20-4/h5-7,9H,8H2,1-4H3,(H,17,19). The van der Waals surface area contributed by atoms with E-state index in [4.69, 9.17) is 4.74 Å². The molecule has 0 saturated carbocycles. The highest BCUT2D eigenvalue weighted by atomic mass is 32.1. The van der Waals surface area contributed by atoms with E-state index in [1.54, 1.807) is 25.6 Å². The molecule has 0 aliphatic rings. The minimum atomic E-state index is -0.112. The molecule has 0 aliphatic heterocycles. The number of hydrogen-bond donors (Lipinski definition) is 1. The number of rotatable bonds is 4. The van der Waals surface area contributed by atoms with Gasteiger partial charge in [-0.15, -0.1) is 11.3 Å². The molecule has 112 valence electrons. The van der Waals surface area contributed by atoms with Gasteiger partial charge in [-0.05, 0) is 11.6 Å². The lowest BCUT2D eigenvalue weighted by molar-refractivity contribution is 0.0954. The van der Waals surface area contributed by atoms with Gasteiger partial charge in [-0.1, -0.05) is 20.8 Å². The molecule has 2 heterocycles. The normalized spacial score (nSPS) is 11.2. The average molecular weight is 305 g/mol. The van der Waals surface area contributed by atoms with Crippen molar-refractivity contribution >= 4 is 17.2 Å². The van der Waals surface area contributed by atoms with E-state index in [9.17, 15) is 4.79 Å². The van der Waals surface area contributed by atoms with Crippen LogP contribution in [0.3, 0.4) is 0 Å². The number of nitrogens with zero attached hydrogens (tertiary/aromatic N) is 2. The predicted octanol–water partition coefficient (Wildman–Crippen LogP) is 2.77. The summed E-state index contributed by atoms with van der Waals surface area (Å²) in [6.07, 6.45) is 3.29. The molecule has 1 N–H and O–H groups in total. The van der Waals surface area contributed by atoms with Crippen molar-refractivity contribution in [2.75, 3.05) is 7.11 Å². The maximum Gasteiger partial charge on any atom is 0.263 e. The lowest BCUT2D eigenvalue weighted by Gasteiger charge is -2.13. The zero-order valence-electron chi connectivity index (χ0n) is 12.6. The summed E-state index contributed by atoms with van der Waals surface area (Å²) in [5.41, 5.74) is 0.901. The zero-order chi connectivity index (χ0) is 15.5. The third-order valence-electron chi connectivity index (χ3n) is 2.83. The van der Waals surface area contributed by atoms with Crippen LogP contribution in [-0.2, 0) is 12.0 Å². The molecule has 2 aromatic heterocycles. The number of pyridine rings is 1. The fraction of sp³-hybridized carbons (Fsp3) is 0.400. The molecule has 2 aromatic rings. The number of carbonyl (C=O) groups is 1. The van der Waals surface area contributed by atoms with Crippen LogP contribution in [0.25, 0.3) is 0 Å². The van der Waals surface area contributed by atoms with Crippen molar-refractivity contribution in [2.24, 2.45) is 0 Å². The van der Waals surface area contributed by atoms with Gasteiger partial charge in [-0.2, -0.15) is 0 Å². The van der Waals surface area contributed by atoms with Crippen molar-refractivity contribution in [1.29, 1.82) is 0 Å². The molecular weight excluding hydrogens is 286 g/mol. The molecule has 5 nitrogen and oxygen atoms in total. The van der Waals surface area contributed by atoms with Gasteiger partial charge in [0.25, 0.3) is 5.91 Å². The Morgan fingerprint density at radius 3 is 2.76 bits per heavy atom. The van der Waals surface area contributed by atoms with E-state index in [1.807, 2.05) is 6.07 Å². The monoisotopic (exact) mass is 305 g/mol. The molecule has 21 heavy (non-hydrogen) atoms. The van der Waals surface area contributed by atoms with Crippen molar-refractivity contribution in [3.05, 3.63) is 40.0 Å². The van der Waals surface area contributed by atoms with Crippen LogP contribution in [0.2, 0.25) is 0 Å². The van der Waals surface area contributed by atoms with Gasteiger partial charge in [-0.3, -0.25) is 4.79 Å². The molecule has 2 rings (SSSR count). The highest BCUT2D eigenvalue weighted by Crippen LogP contribution is 2.26. The quantitative estimate of drug-likeness (QED) is 0.943. The molecule has 0 bridgehead atoms. The molecule has 1 amide bonds. The first-order chi connectivity index (χ1) is 9.90. The van der Waals surface area contributed by atoms with Gasteiger partial charge in [0.2, 0.25) is 5.88 Å². The summed E-state index contributed by atoms with van der Waals surface area (Å²) >= 11 is 1.43. The Balaban J connectivity index is 2.00. The zero-order valence-corrected chi connectivity index (χ0v) is 13.5. The number of nitrogens with one attached hydrogen (secondary N) is 1. The molecular formula is C15H19N3O2S. The fourth-order valence-electron chi connectivity index (χ4n) is 1.67. The molecule has 0 saturated heterocycles. The van der Waals surface area contributed by atoms with Gasteiger partial charge in [0.1, 0.15) is 4.88 Å². The van der Waals surface area contributed by atoms with Gasteiger partial charge in [-0.25, -0.2) is 9.97 Å². The third kappa shape index (κ3) is 4.01. The van der Waals surface area contributed by atoms with Crippen molar-refractivity contribution < 1.29 is 9.53 Å². The second kappa shape index (κ2) is 6.22. The Hall–Kier alpha value is -1.95. The van der Waals surface area contributed by atoms with Crippen molar-refractivity contribution in [3.63, 3.8) is 0 Å². The summed E-state index contributed by atoms with van der Waals surface area (Å²) in [6, 6.07) is 3.64. The van der Waals surface area contributed by atoms with E-state index in [-0.39, 0.29) is 11.3 Å². The SMILES string of the molecule is COc1cc(CNC(=O)c2cnc(C(C)(C)C)s2)ccn1. The second-order valence-corrected chi connectivity index (χ2v) is 6.70. The maximum atomic E-state index is 12.1. The van der Waals surface area contributed by atoms with Crippen LogP contribution in [-0.4, -0.2) is 23.0 Å². The lowest BCUT2D eigenvalue weighted by Crippen LogP contribution is -2.21. The maximum absolute atomic E-state index is 12.1. The van der Waals surface area contributed by atoms with Gasteiger partial charge in [0.15, 0.2) is 0 Å². The molecule has 0 fully saturated rings. The number of ether oxygens (including phenoxy) is 1. The van der Waals surface area contributed by atoms with Crippen LogP contribution >= 0.6 is 11.3 Å². The molecule has 0 unspecified atom stereocenters. The molecule has 0 spiro atoms. The van der Waals surface area contributed by atoms with Crippen molar-refractivity contribution in [3.8, 4) is 5.88 Å². The van der Waals surface area contributed by atoms with Crippen molar-refractivity contribution in [2.45, 2.75) is 32.7 Å². The van der Waals surface area contributed by atoms with E-state index in [0.717, 1.165) is 10.6 Å². The second-order valence-electron chi connectivity index (χ2n) is 5.67. The van der Waals surface area contributed by atoms with E-state index in [1.165, 1.54) is 11.3 Å². The molecule has 0 atom stereocenters. The first-order valence-electron chi connectivity index (χ1n) is 6.63. The number of amides is 1. The minimum absolute atomic E-state index is 0.0400. The smallest absolute Gasteiger partial charge is 0.263 e. The van der Waals surface area contributed by atoms with Gasteiger partial charge < -0.3 is 10.1 Å². The number of hydrogen-bond acceptors (Lipinski definition) is 5. The van der Waals surface area contributed by atoms with Crippen LogP contribution in [0.5, 0.6) is 5.88 Å². The topological polar surface area (TPSA) is 64.1 Å². The van der Waals surface area contributed by atoms with Crippen LogP contribution in [0.1, 0.15) is 41.0 Å². The Labute approximate surface area is 128 Å². The van der Waals surface area contributed by atoms with E-state index < -0.39 is 0 Å². The third-order valence-corrected chi connectivity index (χ3v) is 4.25. The van der Waals surface area contributed by atoms with Crippen molar-refractivity contribution in [1.82, 2.24) is 15.3 Å². The molecule has 0 aromatic carbocycles. The summed E-state index contributed by atoms with van der Waals surface area (Å²) in [4.78, 5) is 21.1. The summed E-state index contributed by atoms with van der Waals surface area (Å²) in [5, 5.41) is 3.84. The fourth-order valence-corrected chi connectivity index (χ4v) is 2.56. The number of methoxy groups -OCH3 is 1. The van der Waals surface area contributed by atoms with Crippen LogP contribution in [0, 0.1) is 0 Å². The minimum Gasteiger partial charge on any atom is -0.481 e. The molecule has 6 heteroatoms. The molecule has 0 aliphatic carbocycles. The first kappa shape index (κ1) is 15.4. The predicted molar refractivity (Wildman–Crippen MR) is 82.8 cm³/mol. The summed E-state index contributed by atoms with van der Waals surface area (Å²) in [7, 11) is 1.57. The Bertz CT molecular complexity index is 632. The average Bonchev–Trinajstić information content (AvgIpc) is 2.95. The molecule has 0 radical (unpaired) electrons. The van der Waals surface area contributed by atoms with Crippen LogP contribution in [0.4, 0.5) is 0 Å². The highest BCUT2D eigenvalue weighted by Gasteiger charge is 2.20. The van der Waals surface area contributed by atoms with E-state index in [0.29, 0.717) is 17.3 Å².